The number of aromatic nitrogens is 1. The summed E-state index contributed by atoms with van der Waals surface area (Å²) in [5.41, 5.74) is 0.841. The number of amides is 2. The summed E-state index contributed by atoms with van der Waals surface area (Å²) in [7, 11) is 1.52. The number of carboxylic acid groups (broad SMARTS) is 1. The molecule has 1 saturated heterocycles. The molecule has 8 heteroatoms. The van der Waals surface area contributed by atoms with Crippen LogP contribution in [0, 0.1) is 0 Å². The number of nitrogens with zero attached hydrogens (tertiary/aromatic N) is 2. The Labute approximate surface area is 126 Å². The third kappa shape index (κ3) is 4.01. The maximum atomic E-state index is 12.1. The van der Waals surface area contributed by atoms with Crippen LogP contribution in [0.3, 0.4) is 0 Å². The molecular formula is C13H17N3O4S. The van der Waals surface area contributed by atoms with Gasteiger partial charge in [-0.15, -0.1) is 0 Å². The Bertz CT molecular complexity index is 526. The van der Waals surface area contributed by atoms with Crippen molar-refractivity contribution in [3.8, 4) is 5.88 Å². The van der Waals surface area contributed by atoms with Crippen LogP contribution in [0.25, 0.3) is 0 Å². The molecule has 1 aromatic rings. The number of thioether (sulfide) groups is 1. The van der Waals surface area contributed by atoms with Crippen molar-refractivity contribution in [1.29, 1.82) is 0 Å². The lowest BCUT2D eigenvalue weighted by Gasteiger charge is -2.32. The fraction of sp³-hybridized carbons (Fsp3) is 0.462. The fourth-order valence-corrected chi connectivity index (χ4v) is 3.04. The Hall–Kier alpha value is -1.96. The molecule has 21 heavy (non-hydrogen) atoms. The Morgan fingerprint density at radius 2 is 2.43 bits per heavy atom. The average molecular weight is 311 g/mol. The molecule has 1 unspecified atom stereocenters. The third-order valence-corrected chi connectivity index (χ3v) is 4.15. The molecule has 1 aromatic heterocycles. The van der Waals surface area contributed by atoms with Gasteiger partial charge in [-0.3, -0.25) is 0 Å². The largest absolute Gasteiger partial charge is 0.481 e. The van der Waals surface area contributed by atoms with Gasteiger partial charge in [0.2, 0.25) is 5.88 Å². The molecule has 0 bridgehead atoms. The minimum atomic E-state index is -0.970. The van der Waals surface area contributed by atoms with E-state index in [0.717, 1.165) is 11.3 Å². The summed E-state index contributed by atoms with van der Waals surface area (Å²) in [6.45, 7) is 0.737. The first-order chi connectivity index (χ1) is 10.1. The summed E-state index contributed by atoms with van der Waals surface area (Å²) < 4.78 is 5.01. The number of carbonyl (C=O) groups is 2. The standard InChI is InChI=1S/C13H17N3O4S/c1-20-11-6-9(2-3-14-11)7-15-13(19)16-4-5-21-8-10(16)12(17)18/h2-3,6,10H,4-5,7-8H2,1H3,(H,15,19)(H,17,18). The lowest BCUT2D eigenvalue weighted by atomic mass is 10.2. The summed E-state index contributed by atoms with van der Waals surface area (Å²) in [6.07, 6.45) is 1.60. The number of methoxy groups -OCH3 is 1. The molecule has 0 radical (unpaired) electrons. The van der Waals surface area contributed by atoms with E-state index in [0.29, 0.717) is 24.7 Å². The second-order valence-electron chi connectivity index (χ2n) is 4.49. The first-order valence-electron chi connectivity index (χ1n) is 6.45. The maximum Gasteiger partial charge on any atom is 0.327 e. The minimum absolute atomic E-state index is 0.299. The van der Waals surface area contributed by atoms with Crippen LogP contribution in [-0.2, 0) is 11.3 Å². The van der Waals surface area contributed by atoms with Crippen molar-refractivity contribution in [3.05, 3.63) is 23.9 Å². The fourth-order valence-electron chi connectivity index (χ4n) is 2.00. The minimum Gasteiger partial charge on any atom is -0.481 e. The quantitative estimate of drug-likeness (QED) is 0.854. The van der Waals surface area contributed by atoms with Gasteiger partial charge >= 0.3 is 12.0 Å². The molecular weight excluding hydrogens is 294 g/mol. The zero-order valence-corrected chi connectivity index (χ0v) is 12.4. The van der Waals surface area contributed by atoms with E-state index in [9.17, 15) is 9.59 Å². The summed E-state index contributed by atoms with van der Waals surface area (Å²) in [5.74, 6) is 0.675. The van der Waals surface area contributed by atoms with Gasteiger partial charge in [0.15, 0.2) is 0 Å². The molecule has 7 nitrogen and oxygen atoms in total. The van der Waals surface area contributed by atoms with Crippen molar-refractivity contribution in [3.63, 3.8) is 0 Å². The number of urea groups is 1. The highest BCUT2D eigenvalue weighted by Gasteiger charge is 2.32. The van der Waals surface area contributed by atoms with Gasteiger partial charge in [-0.25, -0.2) is 14.6 Å². The lowest BCUT2D eigenvalue weighted by molar-refractivity contribution is -0.141. The van der Waals surface area contributed by atoms with Crippen LogP contribution >= 0.6 is 11.8 Å². The highest BCUT2D eigenvalue weighted by Crippen LogP contribution is 2.17. The molecule has 1 atom stereocenters. The third-order valence-electron chi connectivity index (χ3n) is 3.13. The number of nitrogens with one attached hydrogen (secondary N) is 1. The van der Waals surface area contributed by atoms with Gasteiger partial charge in [0.05, 0.1) is 7.11 Å². The number of aliphatic carboxylic acids is 1. The van der Waals surface area contributed by atoms with Crippen LogP contribution in [0.5, 0.6) is 5.88 Å². The van der Waals surface area contributed by atoms with E-state index >= 15 is 0 Å². The van der Waals surface area contributed by atoms with Crippen LogP contribution in [0.2, 0.25) is 0 Å². The molecule has 0 spiro atoms. The van der Waals surface area contributed by atoms with Crippen molar-refractivity contribution in [1.82, 2.24) is 15.2 Å². The maximum absolute atomic E-state index is 12.1. The zero-order valence-electron chi connectivity index (χ0n) is 11.6. The van der Waals surface area contributed by atoms with Crippen LogP contribution in [0.1, 0.15) is 5.56 Å². The predicted octanol–water partition coefficient (Wildman–Crippen LogP) is 0.802. The number of carboxylic acids is 1. The zero-order chi connectivity index (χ0) is 15.2. The first kappa shape index (κ1) is 15.4. The van der Waals surface area contributed by atoms with E-state index in [4.69, 9.17) is 9.84 Å². The molecule has 2 amide bonds. The van der Waals surface area contributed by atoms with Gasteiger partial charge in [-0.2, -0.15) is 11.8 Å². The Morgan fingerprint density at radius 1 is 1.62 bits per heavy atom. The van der Waals surface area contributed by atoms with Crippen molar-refractivity contribution >= 4 is 23.8 Å². The van der Waals surface area contributed by atoms with Crippen molar-refractivity contribution in [2.75, 3.05) is 25.2 Å². The molecule has 1 fully saturated rings. The molecule has 2 rings (SSSR count). The average Bonchev–Trinajstić information content (AvgIpc) is 2.52. The highest BCUT2D eigenvalue weighted by atomic mass is 32.2. The number of ether oxygens (including phenoxy) is 1. The normalized spacial score (nSPS) is 18.1. The predicted molar refractivity (Wildman–Crippen MR) is 78.5 cm³/mol. The SMILES string of the molecule is COc1cc(CNC(=O)N2CCSCC2C(=O)O)ccn1. The summed E-state index contributed by atoms with van der Waals surface area (Å²) in [5, 5.41) is 11.9. The van der Waals surface area contributed by atoms with E-state index in [1.54, 1.807) is 30.1 Å². The smallest absolute Gasteiger partial charge is 0.327 e. The Kier molecular flexibility index (Phi) is 5.26. The topological polar surface area (TPSA) is 91.8 Å². The molecule has 114 valence electrons. The van der Waals surface area contributed by atoms with Gasteiger partial charge in [0, 0.05) is 36.9 Å². The van der Waals surface area contributed by atoms with Crippen molar-refractivity contribution in [2.24, 2.45) is 0 Å². The number of carbonyl (C=O) groups excluding carboxylic acids is 1. The monoisotopic (exact) mass is 311 g/mol. The molecule has 1 aliphatic heterocycles. The van der Waals surface area contributed by atoms with Crippen molar-refractivity contribution in [2.45, 2.75) is 12.6 Å². The van der Waals surface area contributed by atoms with E-state index < -0.39 is 12.0 Å². The number of hydrogen-bond acceptors (Lipinski definition) is 5. The van der Waals surface area contributed by atoms with Gasteiger partial charge in [-0.05, 0) is 11.6 Å². The van der Waals surface area contributed by atoms with Gasteiger partial charge in [0.25, 0.3) is 0 Å². The second kappa shape index (κ2) is 7.16. The summed E-state index contributed by atoms with van der Waals surface area (Å²) >= 11 is 1.54. The number of rotatable bonds is 4. The van der Waals surface area contributed by atoms with E-state index in [2.05, 4.69) is 10.3 Å². The summed E-state index contributed by atoms with van der Waals surface area (Å²) in [6, 6.07) is 2.36. The van der Waals surface area contributed by atoms with Crippen LogP contribution in [0.15, 0.2) is 18.3 Å². The van der Waals surface area contributed by atoms with Gasteiger partial charge in [-0.1, -0.05) is 0 Å². The second-order valence-corrected chi connectivity index (χ2v) is 5.64. The number of hydrogen-bond donors (Lipinski definition) is 2. The molecule has 0 saturated carbocycles. The molecule has 2 N–H and O–H groups in total. The van der Waals surface area contributed by atoms with Crippen molar-refractivity contribution < 1.29 is 19.4 Å². The Morgan fingerprint density at radius 3 is 3.14 bits per heavy atom. The van der Waals surface area contributed by atoms with Gasteiger partial charge in [0.1, 0.15) is 6.04 Å². The van der Waals surface area contributed by atoms with E-state index in [1.807, 2.05) is 0 Å². The Balaban J connectivity index is 1.95. The summed E-state index contributed by atoms with van der Waals surface area (Å²) in [4.78, 5) is 28.7. The van der Waals surface area contributed by atoms with Gasteiger partial charge < -0.3 is 20.1 Å². The van der Waals surface area contributed by atoms with E-state index in [1.165, 1.54) is 12.0 Å². The number of pyridine rings is 1. The molecule has 1 aliphatic rings. The lowest BCUT2D eigenvalue weighted by Crippen LogP contribution is -2.53. The molecule has 2 heterocycles. The van der Waals surface area contributed by atoms with Crippen LogP contribution < -0.4 is 10.1 Å². The first-order valence-corrected chi connectivity index (χ1v) is 7.61. The molecule has 0 aliphatic carbocycles. The van der Waals surface area contributed by atoms with Crippen LogP contribution in [0.4, 0.5) is 4.79 Å². The highest BCUT2D eigenvalue weighted by molar-refractivity contribution is 7.99. The molecule has 0 aromatic carbocycles. The van der Waals surface area contributed by atoms with Crippen LogP contribution in [-0.4, -0.2) is 58.2 Å². The van der Waals surface area contributed by atoms with E-state index in [-0.39, 0.29) is 6.03 Å².